The van der Waals surface area contributed by atoms with Crippen LogP contribution in [0.3, 0.4) is 0 Å². The van der Waals surface area contributed by atoms with E-state index in [1.54, 1.807) is 0 Å². The summed E-state index contributed by atoms with van der Waals surface area (Å²) in [6.07, 6.45) is 0.104. The van der Waals surface area contributed by atoms with Crippen molar-refractivity contribution in [1.29, 1.82) is 0 Å². The molecule has 17 heavy (non-hydrogen) atoms. The SMILES string of the molecule is COC(=O)CC(CN)c1cc(F)ccc1OC. The van der Waals surface area contributed by atoms with Crippen LogP contribution in [-0.2, 0) is 9.53 Å². The maximum Gasteiger partial charge on any atom is 0.306 e. The van der Waals surface area contributed by atoms with E-state index in [0.29, 0.717) is 11.3 Å². The van der Waals surface area contributed by atoms with Gasteiger partial charge in [0.05, 0.1) is 20.6 Å². The number of hydrogen-bond acceptors (Lipinski definition) is 4. The Labute approximate surface area is 99.5 Å². The molecule has 0 amide bonds. The van der Waals surface area contributed by atoms with Crippen molar-refractivity contribution >= 4 is 5.97 Å². The predicted molar refractivity (Wildman–Crippen MR) is 61.4 cm³/mol. The Morgan fingerprint density at radius 2 is 2.18 bits per heavy atom. The number of esters is 1. The van der Waals surface area contributed by atoms with Crippen LogP contribution in [0.1, 0.15) is 17.9 Å². The molecule has 1 rings (SSSR count). The van der Waals surface area contributed by atoms with Gasteiger partial charge in [0.15, 0.2) is 0 Å². The van der Waals surface area contributed by atoms with E-state index in [0.717, 1.165) is 0 Å². The monoisotopic (exact) mass is 241 g/mol. The van der Waals surface area contributed by atoms with E-state index >= 15 is 0 Å². The first-order chi connectivity index (χ1) is 8.12. The van der Waals surface area contributed by atoms with Gasteiger partial charge in [0.2, 0.25) is 0 Å². The van der Waals surface area contributed by atoms with E-state index < -0.39 is 0 Å². The summed E-state index contributed by atoms with van der Waals surface area (Å²) in [4.78, 5) is 11.2. The number of carbonyl (C=O) groups is 1. The standard InChI is InChI=1S/C12H16FNO3/c1-16-11-4-3-9(13)6-10(11)8(7-14)5-12(15)17-2/h3-4,6,8H,5,7,14H2,1-2H3. The topological polar surface area (TPSA) is 61.5 Å². The van der Waals surface area contributed by atoms with Crippen LogP contribution < -0.4 is 10.5 Å². The fourth-order valence-corrected chi connectivity index (χ4v) is 1.63. The van der Waals surface area contributed by atoms with Gasteiger partial charge in [0.1, 0.15) is 11.6 Å². The largest absolute Gasteiger partial charge is 0.496 e. The molecule has 0 aliphatic carbocycles. The number of ether oxygens (including phenoxy) is 2. The van der Waals surface area contributed by atoms with Gasteiger partial charge in [-0.05, 0) is 24.7 Å². The quantitative estimate of drug-likeness (QED) is 0.792. The summed E-state index contributed by atoms with van der Waals surface area (Å²) in [7, 11) is 2.79. The molecule has 0 spiro atoms. The lowest BCUT2D eigenvalue weighted by Gasteiger charge is -2.17. The number of benzene rings is 1. The average Bonchev–Trinajstić information content (AvgIpc) is 2.35. The second kappa shape index (κ2) is 6.20. The molecule has 4 nitrogen and oxygen atoms in total. The zero-order valence-electron chi connectivity index (χ0n) is 9.90. The van der Waals surface area contributed by atoms with Gasteiger partial charge in [-0.1, -0.05) is 0 Å². The molecule has 0 aliphatic heterocycles. The number of halogens is 1. The molecule has 94 valence electrons. The Morgan fingerprint density at radius 3 is 2.71 bits per heavy atom. The van der Waals surface area contributed by atoms with Crippen molar-refractivity contribution in [3.8, 4) is 5.75 Å². The normalized spacial score (nSPS) is 12.0. The van der Waals surface area contributed by atoms with Gasteiger partial charge in [0, 0.05) is 11.5 Å². The zero-order valence-corrected chi connectivity index (χ0v) is 9.90. The van der Waals surface area contributed by atoms with Crippen LogP contribution in [0.15, 0.2) is 18.2 Å². The predicted octanol–water partition coefficient (Wildman–Crippen LogP) is 1.44. The number of methoxy groups -OCH3 is 2. The number of nitrogens with two attached hydrogens (primary N) is 1. The second-order valence-electron chi connectivity index (χ2n) is 3.60. The fraction of sp³-hybridized carbons (Fsp3) is 0.417. The Bertz CT molecular complexity index is 395. The molecule has 1 atom stereocenters. The van der Waals surface area contributed by atoms with E-state index in [4.69, 9.17) is 10.5 Å². The molecule has 1 aromatic rings. The summed E-state index contributed by atoms with van der Waals surface area (Å²) in [5.74, 6) is -0.560. The molecule has 1 aromatic carbocycles. The Morgan fingerprint density at radius 1 is 1.47 bits per heavy atom. The number of rotatable bonds is 5. The average molecular weight is 241 g/mol. The first kappa shape index (κ1) is 13.4. The van der Waals surface area contributed by atoms with Crippen molar-refractivity contribution in [2.24, 2.45) is 5.73 Å². The van der Waals surface area contributed by atoms with E-state index in [-0.39, 0.29) is 30.7 Å². The molecular formula is C12H16FNO3. The van der Waals surface area contributed by atoms with Crippen LogP contribution in [0.25, 0.3) is 0 Å². The van der Waals surface area contributed by atoms with Crippen molar-refractivity contribution in [3.63, 3.8) is 0 Å². The van der Waals surface area contributed by atoms with E-state index in [1.807, 2.05) is 0 Å². The molecule has 0 bridgehead atoms. The summed E-state index contributed by atoms with van der Waals surface area (Å²) < 4.78 is 22.9. The molecule has 0 aromatic heterocycles. The van der Waals surface area contributed by atoms with E-state index in [9.17, 15) is 9.18 Å². The lowest BCUT2D eigenvalue weighted by atomic mass is 9.95. The molecule has 0 radical (unpaired) electrons. The molecule has 1 unspecified atom stereocenters. The van der Waals surface area contributed by atoms with Gasteiger partial charge in [-0.25, -0.2) is 4.39 Å². The van der Waals surface area contributed by atoms with Gasteiger partial charge >= 0.3 is 5.97 Å². The van der Waals surface area contributed by atoms with Gasteiger partial charge in [0.25, 0.3) is 0 Å². The highest BCUT2D eigenvalue weighted by molar-refractivity contribution is 5.70. The minimum absolute atomic E-state index is 0.104. The van der Waals surface area contributed by atoms with Crippen LogP contribution in [0, 0.1) is 5.82 Å². The second-order valence-corrected chi connectivity index (χ2v) is 3.60. The van der Waals surface area contributed by atoms with Crippen molar-refractivity contribution < 1.29 is 18.7 Å². The highest BCUT2D eigenvalue weighted by Crippen LogP contribution is 2.29. The van der Waals surface area contributed by atoms with Crippen molar-refractivity contribution in [3.05, 3.63) is 29.6 Å². The molecule has 0 heterocycles. The third-order valence-electron chi connectivity index (χ3n) is 2.56. The molecule has 0 saturated heterocycles. The maximum absolute atomic E-state index is 13.2. The summed E-state index contributed by atoms with van der Waals surface area (Å²) in [5, 5.41) is 0. The van der Waals surface area contributed by atoms with E-state index in [1.165, 1.54) is 32.4 Å². The van der Waals surface area contributed by atoms with Crippen molar-refractivity contribution in [2.75, 3.05) is 20.8 Å². The Balaban J connectivity index is 3.01. The minimum Gasteiger partial charge on any atom is -0.496 e. The van der Waals surface area contributed by atoms with Crippen LogP contribution >= 0.6 is 0 Å². The number of carbonyl (C=O) groups excluding carboxylic acids is 1. The Kier molecular flexibility index (Phi) is 4.90. The maximum atomic E-state index is 13.2. The van der Waals surface area contributed by atoms with Crippen LogP contribution in [0.4, 0.5) is 4.39 Å². The first-order valence-corrected chi connectivity index (χ1v) is 5.22. The zero-order chi connectivity index (χ0) is 12.8. The third kappa shape index (κ3) is 3.42. The molecular weight excluding hydrogens is 225 g/mol. The molecule has 2 N–H and O–H groups in total. The molecule has 0 aliphatic rings. The summed E-state index contributed by atoms with van der Waals surface area (Å²) in [6.45, 7) is 0.217. The van der Waals surface area contributed by atoms with Gasteiger partial charge < -0.3 is 15.2 Å². The summed E-state index contributed by atoms with van der Waals surface area (Å²) >= 11 is 0. The van der Waals surface area contributed by atoms with Crippen LogP contribution in [0.2, 0.25) is 0 Å². The minimum atomic E-state index is -0.385. The highest BCUT2D eigenvalue weighted by Gasteiger charge is 2.19. The molecule has 0 fully saturated rings. The smallest absolute Gasteiger partial charge is 0.306 e. The number of hydrogen-bond donors (Lipinski definition) is 1. The first-order valence-electron chi connectivity index (χ1n) is 5.22. The lowest BCUT2D eigenvalue weighted by molar-refractivity contribution is -0.141. The van der Waals surface area contributed by atoms with Crippen LogP contribution in [-0.4, -0.2) is 26.7 Å². The van der Waals surface area contributed by atoms with Crippen LogP contribution in [0.5, 0.6) is 5.75 Å². The highest BCUT2D eigenvalue weighted by atomic mass is 19.1. The van der Waals surface area contributed by atoms with Crippen molar-refractivity contribution in [1.82, 2.24) is 0 Å². The summed E-state index contributed by atoms with van der Waals surface area (Å²) in [6, 6.07) is 4.15. The third-order valence-corrected chi connectivity index (χ3v) is 2.56. The van der Waals surface area contributed by atoms with Gasteiger partial charge in [-0.15, -0.1) is 0 Å². The molecule has 0 saturated carbocycles. The van der Waals surface area contributed by atoms with E-state index in [2.05, 4.69) is 4.74 Å². The Hall–Kier alpha value is -1.62. The van der Waals surface area contributed by atoms with Gasteiger partial charge in [-0.2, -0.15) is 0 Å². The lowest BCUT2D eigenvalue weighted by Crippen LogP contribution is -2.18. The van der Waals surface area contributed by atoms with Gasteiger partial charge in [-0.3, -0.25) is 4.79 Å². The van der Waals surface area contributed by atoms with Crippen molar-refractivity contribution in [2.45, 2.75) is 12.3 Å². The fourth-order valence-electron chi connectivity index (χ4n) is 1.63. The molecule has 5 heteroatoms. The summed E-state index contributed by atoms with van der Waals surface area (Å²) in [5.41, 5.74) is 6.18.